The van der Waals surface area contributed by atoms with Crippen molar-refractivity contribution in [1.82, 2.24) is 4.90 Å². The minimum absolute atomic E-state index is 0.158. The zero-order valence-electron chi connectivity index (χ0n) is 12.3. The van der Waals surface area contributed by atoms with Gasteiger partial charge in [0.05, 0.1) is 18.1 Å². The number of carboxylic acid groups (broad SMARTS) is 1. The van der Waals surface area contributed by atoms with E-state index in [2.05, 4.69) is 0 Å². The molecule has 7 heteroatoms. The van der Waals surface area contributed by atoms with Crippen molar-refractivity contribution in [3.8, 4) is 5.75 Å². The van der Waals surface area contributed by atoms with Gasteiger partial charge in [0, 0.05) is 24.7 Å². The molecule has 0 radical (unpaired) electrons. The van der Waals surface area contributed by atoms with Crippen LogP contribution in [0.1, 0.15) is 23.2 Å². The van der Waals surface area contributed by atoms with E-state index in [1.165, 1.54) is 18.1 Å². The minimum Gasteiger partial charge on any atom is -0.495 e. The van der Waals surface area contributed by atoms with Gasteiger partial charge in [0.2, 0.25) is 0 Å². The molecule has 0 bridgehead atoms. The first-order valence-corrected chi connectivity index (χ1v) is 7.41. The molecule has 2 atom stereocenters. The third-order valence-electron chi connectivity index (χ3n) is 3.82. The Balaban J connectivity index is 2.22. The maximum atomic E-state index is 12.6. The molecular weight excluding hydrogens is 308 g/mol. The van der Waals surface area contributed by atoms with Gasteiger partial charge in [0.1, 0.15) is 5.75 Å². The Labute approximate surface area is 133 Å². The van der Waals surface area contributed by atoms with E-state index < -0.39 is 11.9 Å². The fourth-order valence-corrected chi connectivity index (χ4v) is 2.83. The van der Waals surface area contributed by atoms with Crippen molar-refractivity contribution in [2.75, 3.05) is 20.2 Å². The lowest BCUT2D eigenvalue weighted by Crippen LogP contribution is -2.41. The number of methoxy groups -OCH3 is 1. The Morgan fingerprint density at radius 3 is 2.68 bits per heavy atom. The van der Waals surface area contributed by atoms with Gasteiger partial charge in [-0.2, -0.15) is 0 Å². The van der Waals surface area contributed by atoms with Gasteiger partial charge < -0.3 is 20.5 Å². The number of halogens is 1. The van der Waals surface area contributed by atoms with Gasteiger partial charge in [0.25, 0.3) is 5.91 Å². The zero-order valence-corrected chi connectivity index (χ0v) is 13.0. The Morgan fingerprint density at radius 1 is 1.36 bits per heavy atom. The van der Waals surface area contributed by atoms with Crippen LogP contribution >= 0.6 is 11.6 Å². The number of likely N-dealkylation sites (tertiary alicyclic amines) is 1. The van der Waals surface area contributed by atoms with Gasteiger partial charge in [-0.25, -0.2) is 0 Å². The van der Waals surface area contributed by atoms with E-state index in [4.69, 9.17) is 22.1 Å². The molecule has 1 heterocycles. The second-order valence-corrected chi connectivity index (χ2v) is 5.84. The number of nitrogens with two attached hydrogens (primary N) is 1. The summed E-state index contributed by atoms with van der Waals surface area (Å²) in [6.45, 7) is 0.498. The predicted molar refractivity (Wildman–Crippen MR) is 82.2 cm³/mol. The summed E-state index contributed by atoms with van der Waals surface area (Å²) >= 11 is 6.04. The fourth-order valence-electron chi connectivity index (χ4n) is 2.57. The molecule has 0 aliphatic carbocycles. The van der Waals surface area contributed by atoms with Crippen LogP contribution in [0.4, 0.5) is 0 Å². The highest BCUT2D eigenvalue weighted by Crippen LogP contribution is 2.26. The number of carbonyl (C=O) groups is 2. The topological polar surface area (TPSA) is 92.9 Å². The molecule has 22 heavy (non-hydrogen) atoms. The largest absolute Gasteiger partial charge is 0.495 e. The van der Waals surface area contributed by atoms with Crippen molar-refractivity contribution in [2.24, 2.45) is 11.7 Å². The summed E-state index contributed by atoms with van der Waals surface area (Å²) in [5, 5.41) is 9.55. The molecule has 1 fully saturated rings. The molecule has 1 aliphatic rings. The van der Waals surface area contributed by atoms with Crippen LogP contribution in [0.15, 0.2) is 18.2 Å². The lowest BCUT2D eigenvalue weighted by molar-refractivity contribution is -0.142. The van der Waals surface area contributed by atoms with Crippen LogP contribution < -0.4 is 10.5 Å². The van der Waals surface area contributed by atoms with Crippen molar-refractivity contribution in [3.05, 3.63) is 28.8 Å². The van der Waals surface area contributed by atoms with Gasteiger partial charge >= 0.3 is 5.97 Å². The summed E-state index contributed by atoms with van der Waals surface area (Å²) in [6.07, 6.45) is 1.06. The molecule has 1 aromatic carbocycles. The van der Waals surface area contributed by atoms with Crippen LogP contribution in [0.25, 0.3) is 0 Å². The lowest BCUT2D eigenvalue weighted by atomic mass is 10.0. The number of rotatable bonds is 3. The summed E-state index contributed by atoms with van der Waals surface area (Å²) in [5.74, 6) is -1.28. The molecule has 0 aromatic heterocycles. The van der Waals surface area contributed by atoms with Crippen LogP contribution in [0.3, 0.4) is 0 Å². The van der Waals surface area contributed by atoms with Gasteiger partial charge in [-0.1, -0.05) is 11.6 Å². The molecular formula is C15H19ClN2O4. The third kappa shape index (κ3) is 3.69. The minimum atomic E-state index is -0.903. The number of ether oxygens (including phenoxy) is 1. The van der Waals surface area contributed by atoms with Crippen molar-refractivity contribution in [1.29, 1.82) is 0 Å². The average molecular weight is 327 g/mol. The number of benzene rings is 1. The fraction of sp³-hybridized carbons (Fsp3) is 0.467. The van der Waals surface area contributed by atoms with Gasteiger partial charge in [-0.05, 0) is 31.0 Å². The van der Waals surface area contributed by atoms with Crippen LogP contribution in [-0.2, 0) is 4.79 Å². The van der Waals surface area contributed by atoms with E-state index in [0.717, 1.165) is 0 Å². The maximum Gasteiger partial charge on any atom is 0.308 e. The van der Waals surface area contributed by atoms with Crippen LogP contribution in [0.5, 0.6) is 5.75 Å². The van der Waals surface area contributed by atoms with E-state index in [1.807, 2.05) is 0 Å². The van der Waals surface area contributed by atoms with Gasteiger partial charge in [0.15, 0.2) is 0 Å². The number of carboxylic acids is 1. The second-order valence-electron chi connectivity index (χ2n) is 5.43. The van der Waals surface area contributed by atoms with Crippen LogP contribution in [0.2, 0.25) is 5.02 Å². The zero-order chi connectivity index (χ0) is 16.3. The summed E-state index contributed by atoms with van der Waals surface area (Å²) < 4.78 is 5.06. The number of aliphatic carboxylic acids is 1. The summed E-state index contributed by atoms with van der Waals surface area (Å²) in [5.41, 5.74) is 6.34. The molecule has 3 N–H and O–H groups in total. The second kappa shape index (κ2) is 6.98. The molecule has 1 aromatic rings. The standard InChI is InChI=1S/C15H19ClN2O4/c1-22-13-5-3-9(6-12(13)16)14(19)18-7-10(15(20)21)2-4-11(17)8-18/h3,5-6,10-11H,2,4,7-8,17H2,1H3,(H,20,21)/t10-,11+/m0/s1. The third-order valence-corrected chi connectivity index (χ3v) is 4.11. The first kappa shape index (κ1) is 16.6. The molecule has 0 spiro atoms. The first-order valence-electron chi connectivity index (χ1n) is 7.03. The van der Waals surface area contributed by atoms with E-state index in [1.54, 1.807) is 12.1 Å². The number of hydrogen-bond donors (Lipinski definition) is 2. The van der Waals surface area contributed by atoms with E-state index in [9.17, 15) is 14.7 Å². The molecule has 2 rings (SSSR count). The quantitative estimate of drug-likeness (QED) is 0.880. The monoisotopic (exact) mass is 326 g/mol. The van der Waals surface area contributed by atoms with Crippen molar-refractivity contribution >= 4 is 23.5 Å². The molecule has 1 saturated heterocycles. The number of amides is 1. The highest BCUT2D eigenvalue weighted by atomic mass is 35.5. The highest BCUT2D eigenvalue weighted by Gasteiger charge is 2.30. The molecule has 1 amide bonds. The average Bonchev–Trinajstić information content (AvgIpc) is 2.68. The highest BCUT2D eigenvalue weighted by molar-refractivity contribution is 6.32. The Kier molecular flexibility index (Phi) is 5.26. The van der Waals surface area contributed by atoms with Crippen molar-refractivity contribution < 1.29 is 19.4 Å². The smallest absolute Gasteiger partial charge is 0.308 e. The molecule has 0 saturated carbocycles. The van der Waals surface area contributed by atoms with Crippen molar-refractivity contribution in [2.45, 2.75) is 18.9 Å². The van der Waals surface area contributed by atoms with Gasteiger partial charge in [-0.3, -0.25) is 9.59 Å². The molecule has 120 valence electrons. The lowest BCUT2D eigenvalue weighted by Gasteiger charge is -2.24. The van der Waals surface area contributed by atoms with E-state index >= 15 is 0 Å². The molecule has 0 unspecified atom stereocenters. The van der Waals surface area contributed by atoms with Crippen LogP contribution in [0, 0.1) is 5.92 Å². The Bertz CT molecular complexity index is 579. The SMILES string of the molecule is COc1ccc(C(=O)N2C[C@H](N)CC[C@H](C(=O)O)C2)cc1Cl. The van der Waals surface area contributed by atoms with E-state index in [-0.39, 0.29) is 18.5 Å². The van der Waals surface area contributed by atoms with Crippen molar-refractivity contribution in [3.63, 3.8) is 0 Å². The van der Waals surface area contributed by atoms with Crippen LogP contribution in [-0.4, -0.2) is 48.1 Å². The molecule has 1 aliphatic heterocycles. The Hall–Kier alpha value is -1.79. The summed E-state index contributed by atoms with van der Waals surface area (Å²) in [4.78, 5) is 25.3. The maximum absolute atomic E-state index is 12.6. The predicted octanol–water partition coefficient (Wildman–Crippen LogP) is 1.61. The number of nitrogens with zero attached hydrogens (tertiary/aromatic N) is 1. The number of hydrogen-bond acceptors (Lipinski definition) is 4. The summed E-state index contributed by atoms with van der Waals surface area (Å²) in [6, 6.07) is 4.53. The van der Waals surface area contributed by atoms with Gasteiger partial charge in [-0.15, -0.1) is 0 Å². The number of carbonyl (C=O) groups excluding carboxylic acids is 1. The van der Waals surface area contributed by atoms with E-state index in [0.29, 0.717) is 35.7 Å². The Morgan fingerprint density at radius 2 is 2.09 bits per heavy atom. The normalized spacial score (nSPS) is 22.0. The summed E-state index contributed by atoms with van der Waals surface area (Å²) in [7, 11) is 1.49. The molecule has 6 nitrogen and oxygen atoms in total. The first-order chi connectivity index (χ1) is 10.4.